The van der Waals surface area contributed by atoms with Crippen LogP contribution in [0.1, 0.15) is 13.3 Å². The molecule has 0 aliphatic rings. The van der Waals surface area contributed by atoms with Crippen molar-refractivity contribution in [2.75, 3.05) is 0 Å². The molecule has 0 aromatic rings. The monoisotopic (exact) mass is 116 g/mol. The minimum absolute atomic E-state index is 0.402. The summed E-state index contributed by atoms with van der Waals surface area (Å²) in [5, 5.41) is 16.7. The minimum Gasteiger partial charge on any atom is -0.454 e. The Hall–Kier alpha value is 0.00987. The van der Waals surface area contributed by atoms with Gasteiger partial charge >= 0.3 is 14.8 Å². The summed E-state index contributed by atoms with van der Waals surface area (Å²) in [6, 6.07) is 0. The number of hydrogen-bond acceptors (Lipinski definition) is 3. The highest BCUT2D eigenvalue weighted by atomic mass is 16.5. The fraction of sp³-hybridized carbons (Fsp3) is 1.00. The van der Waals surface area contributed by atoms with E-state index < -0.39 is 14.8 Å². The van der Waals surface area contributed by atoms with Crippen molar-refractivity contribution in [2.24, 2.45) is 0 Å². The topological polar surface area (TPSA) is 49.7 Å². The van der Waals surface area contributed by atoms with Gasteiger partial charge in [-0.15, -0.1) is 0 Å². The van der Waals surface area contributed by atoms with E-state index in [2.05, 4.69) is 4.57 Å². The molecule has 0 spiro atoms. The third-order valence-electron chi connectivity index (χ3n) is 0.803. The molecule has 2 N–H and O–H groups in total. The maximum Gasteiger partial charge on any atom is 0.440 e. The first-order valence-corrected chi connectivity index (χ1v) is 2.71. The molecule has 46 valence electrons. The van der Waals surface area contributed by atoms with Crippen molar-refractivity contribution in [3.8, 4) is 0 Å². The van der Waals surface area contributed by atoms with E-state index in [-0.39, 0.29) is 0 Å². The van der Waals surface area contributed by atoms with Crippen molar-refractivity contribution in [3.63, 3.8) is 0 Å². The molecule has 0 saturated carbocycles. The lowest BCUT2D eigenvalue weighted by Gasteiger charge is -2.00. The van der Waals surface area contributed by atoms with E-state index >= 15 is 0 Å². The first-order chi connectivity index (χ1) is 3.81. The smallest absolute Gasteiger partial charge is 0.440 e. The summed E-state index contributed by atoms with van der Waals surface area (Å²) in [6.45, 7) is 1.93. The van der Waals surface area contributed by atoms with Crippen molar-refractivity contribution in [1.29, 1.82) is 0 Å². The summed E-state index contributed by atoms with van der Waals surface area (Å²) in [6.07, 6.45) is 1.45. The highest BCUT2D eigenvalue weighted by molar-refractivity contribution is 6.49. The van der Waals surface area contributed by atoms with Gasteiger partial charge in [0, 0.05) is 0 Å². The van der Waals surface area contributed by atoms with E-state index in [0.29, 0.717) is 6.32 Å². The van der Waals surface area contributed by atoms with Crippen LogP contribution in [0.3, 0.4) is 0 Å². The lowest BCUT2D eigenvalue weighted by Crippen LogP contribution is -2.19. The molecule has 0 aliphatic carbocycles. The molecular weight excluding hydrogens is 106 g/mol. The van der Waals surface area contributed by atoms with Gasteiger partial charge in [0.25, 0.3) is 0 Å². The standard InChI is InChI=1S/C3H10B2O3/c1-2-3-5(7)8-4-6/h4,6-7H,2-3H2,1H3. The molecule has 0 aromatic carbocycles. The average molecular weight is 116 g/mol. The normalized spacial score (nSPS) is 8.88. The Morgan fingerprint density at radius 1 is 1.75 bits per heavy atom. The first-order valence-electron chi connectivity index (χ1n) is 2.71. The van der Waals surface area contributed by atoms with E-state index in [1.165, 1.54) is 0 Å². The van der Waals surface area contributed by atoms with Gasteiger partial charge in [-0.1, -0.05) is 13.3 Å². The average Bonchev–Trinajstić information content (AvgIpc) is 1.68. The second kappa shape index (κ2) is 5.15. The number of rotatable bonds is 4. The van der Waals surface area contributed by atoms with Gasteiger partial charge in [-0.25, -0.2) is 0 Å². The molecule has 0 unspecified atom stereocenters. The van der Waals surface area contributed by atoms with Crippen LogP contribution in [0.15, 0.2) is 0 Å². The minimum atomic E-state index is -0.787. The van der Waals surface area contributed by atoms with Crippen molar-refractivity contribution in [3.05, 3.63) is 0 Å². The van der Waals surface area contributed by atoms with Crippen LogP contribution < -0.4 is 0 Å². The highest BCUT2D eigenvalue weighted by Gasteiger charge is 2.08. The molecule has 0 aromatic heterocycles. The van der Waals surface area contributed by atoms with E-state index in [1.54, 1.807) is 0 Å². The molecule has 0 rings (SSSR count). The number of hydrogen-bond donors (Lipinski definition) is 2. The summed E-state index contributed by atoms with van der Waals surface area (Å²) in [7, 11) is -1.19. The van der Waals surface area contributed by atoms with Crippen molar-refractivity contribution >= 4 is 14.8 Å². The van der Waals surface area contributed by atoms with Gasteiger partial charge in [-0.2, -0.15) is 0 Å². The van der Waals surface area contributed by atoms with Crippen LogP contribution in [0.4, 0.5) is 0 Å². The third-order valence-corrected chi connectivity index (χ3v) is 0.803. The Morgan fingerprint density at radius 3 is 2.75 bits per heavy atom. The largest absolute Gasteiger partial charge is 0.454 e. The van der Waals surface area contributed by atoms with Crippen molar-refractivity contribution < 1.29 is 14.6 Å². The van der Waals surface area contributed by atoms with Gasteiger partial charge < -0.3 is 14.6 Å². The fourth-order valence-electron chi connectivity index (χ4n) is 0.416. The zero-order valence-corrected chi connectivity index (χ0v) is 5.00. The Bertz CT molecular complexity index is 45.8. The van der Waals surface area contributed by atoms with Crippen LogP contribution in [-0.4, -0.2) is 24.9 Å². The van der Waals surface area contributed by atoms with Crippen LogP contribution >= 0.6 is 0 Å². The van der Waals surface area contributed by atoms with Gasteiger partial charge in [-0.3, -0.25) is 0 Å². The zero-order chi connectivity index (χ0) is 6.41. The molecule has 0 radical (unpaired) electrons. The van der Waals surface area contributed by atoms with E-state index in [0.717, 1.165) is 6.42 Å². The summed E-state index contributed by atoms with van der Waals surface area (Å²) < 4.78 is 4.39. The maximum absolute atomic E-state index is 8.67. The third kappa shape index (κ3) is 4.18. The lowest BCUT2D eigenvalue weighted by molar-refractivity contribution is 0.378. The predicted octanol–water partition coefficient (Wildman–Crippen LogP) is -0.848. The Balaban J connectivity index is 2.92. The van der Waals surface area contributed by atoms with Crippen LogP contribution in [0.25, 0.3) is 0 Å². The van der Waals surface area contributed by atoms with Crippen LogP contribution in [0.2, 0.25) is 6.32 Å². The van der Waals surface area contributed by atoms with Gasteiger partial charge in [0.2, 0.25) is 0 Å². The van der Waals surface area contributed by atoms with Crippen LogP contribution in [-0.2, 0) is 4.57 Å². The molecule has 0 saturated heterocycles. The molecule has 8 heavy (non-hydrogen) atoms. The fourth-order valence-corrected chi connectivity index (χ4v) is 0.416. The van der Waals surface area contributed by atoms with E-state index in [9.17, 15) is 0 Å². The second-order valence-electron chi connectivity index (χ2n) is 1.54. The zero-order valence-electron chi connectivity index (χ0n) is 5.00. The molecule has 0 amide bonds. The van der Waals surface area contributed by atoms with Gasteiger partial charge in [0.05, 0.1) is 0 Å². The van der Waals surface area contributed by atoms with Gasteiger partial charge in [0.1, 0.15) is 0 Å². The Morgan fingerprint density at radius 2 is 2.38 bits per heavy atom. The summed E-state index contributed by atoms with van der Waals surface area (Å²) in [5.74, 6) is 0. The molecule has 3 nitrogen and oxygen atoms in total. The second-order valence-corrected chi connectivity index (χ2v) is 1.54. The van der Waals surface area contributed by atoms with Gasteiger partial charge in [-0.05, 0) is 6.32 Å². The quantitative estimate of drug-likeness (QED) is 0.470. The maximum atomic E-state index is 8.67. The van der Waals surface area contributed by atoms with Crippen molar-refractivity contribution in [2.45, 2.75) is 19.7 Å². The highest BCUT2D eigenvalue weighted by Crippen LogP contribution is 1.92. The van der Waals surface area contributed by atoms with Crippen LogP contribution in [0, 0.1) is 0 Å². The molecule has 5 heteroatoms. The van der Waals surface area contributed by atoms with Crippen molar-refractivity contribution in [1.82, 2.24) is 0 Å². The SMILES string of the molecule is CCCB(O)OBO. The molecular formula is C3H10B2O3. The molecule has 0 fully saturated rings. The summed E-state index contributed by atoms with van der Waals surface area (Å²) in [4.78, 5) is 0. The van der Waals surface area contributed by atoms with Gasteiger partial charge in [0.15, 0.2) is 0 Å². The Labute approximate surface area is 50.1 Å². The first kappa shape index (κ1) is 8.01. The summed E-state index contributed by atoms with van der Waals surface area (Å²) in [5.41, 5.74) is 0. The predicted molar refractivity (Wildman–Crippen MR) is 33.5 cm³/mol. The van der Waals surface area contributed by atoms with E-state index in [4.69, 9.17) is 10.0 Å². The lowest BCUT2D eigenvalue weighted by atomic mass is 9.83. The molecule has 0 atom stereocenters. The molecule has 0 bridgehead atoms. The Kier molecular flexibility index (Phi) is 5.16. The molecule has 0 heterocycles. The van der Waals surface area contributed by atoms with E-state index in [1.807, 2.05) is 6.92 Å². The van der Waals surface area contributed by atoms with Crippen LogP contribution in [0.5, 0.6) is 0 Å². The summed E-state index contributed by atoms with van der Waals surface area (Å²) >= 11 is 0. The molecule has 0 aliphatic heterocycles.